The third-order valence-corrected chi connectivity index (χ3v) is 3.57. The van der Waals surface area contributed by atoms with Crippen LogP contribution in [0.5, 0.6) is 5.75 Å². The Balaban J connectivity index is 2.21. The summed E-state index contributed by atoms with van der Waals surface area (Å²) in [5, 5.41) is 8.49. The summed E-state index contributed by atoms with van der Waals surface area (Å²) in [6, 6.07) is 12.1. The fourth-order valence-corrected chi connectivity index (χ4v) is 2.37. The molecule has 0 unspecified atom stereocenters. The average molecular weight is 355 g/mol. The molecule has 0 spiro atoms. The van der Waals surface area contributed by atoms with Gasteiger partial charge in [-0.1, -0.05) is 18.2 Å². The summed E-state index contributed by atoms with van der Waals surface area (Å²) < 4.78 is 5.37. The van der Waals surface area contributed by atoms with Gasteiger partial charge < -0.3 is 20.7 Å². The molecule has 0 saturated carbocycles. The lowest BCUT2D eigenvalue weighted by Crippen LogP contribution is -2.43. The van der Waals surface area contributed by atoms with Crippen molar-refractivity contribution < 1.29 is 14.3 Å². The molecule has 138 valence electrons. The highest BCUT2D eigenvalue weighted by molar-refractivity contribution is 6.05. The maximum absolute atomic E-state index is 12.4. The monoisotopic (exact) mass is 355 g/mol. The van der Waals surface area contributed by atoms with E-state index in [1.54, 1.807) is 24.3 Å². The van der Waals surface area contributed by atoms with Crippen LogP contribution in [0.4, 0.5) is 16.2 Å². The fourth-order valence-electron chi connectivity index (χ4n) is 2.37. The van der Waals surface area contributed by atoms with Gasteiger partial charge in [-0.2, -0.15) is 0 Å². The van der Waals surface area contributed by atoms with Crippen molar-refractivity contribution in [2.24, 2.45) is 0 Å². The molecule has 0 aliphatic carbocycles. The van der Waals surface area contributed by atoms with Crippen LogP contribution >= 0.6 is 0 Å². The third-order valence-electron chi connectivity index (χ3n) is 3.57. The number of methoxy groups -OCH3 is 1. The lowest BCUT2D eigenvalue weighted by atomic mass is 10.1. The number of nitrogens with one attached hydrogen (secondary N) is 3. The van der Waals surface area contributed by atoms with Crippen LogP contribution < -0.4 is 20.7 Å². The highest BCUT2D eigenvalue weighted by atomic mass is 16.5. The molecule has 0 saturated heterocycles. The van der Waals surface area contributed by atoms with E-state index in [1.807, 2.05) is 45.9 Å². The molecule has 2 aromatic carbocycles. The van der Waals surface area contributed by atoms with Crippen molar-refractivity contribution >= 4 is 23.3 Å². The van der Waals surface area contributed by atoms with Crippen LogP contribution in [0, 0.1) is 6.92 Å². The SMILES string of the molecule is COc1cc(NC(=O)c2ccccc2)c(C)cc1NC(=O)NC(C)(C)C. The summed E-state index contributed by atoms with van der Waals surface area (Å²) in [5.74, 6) is 0.255. The van der Waals surface area contributed by atoms with Crippen LogP contribution in [0.25, 0.3) is 0 Å². The van der Waals surface area contributed by atoms with Crippen molar-refractivity contribution in [2.45, 2.75) is 33.2 Å². The van der Waals surface area contributed by atoms with Crippen LogP contribution in [0.3, 0.4) is 0 Å². The Bertz CT molecular complexity index is 796. The third kappa shape index (κ3) is 5.24. The van der Waals surface area contributed by atoms with Crippen LogP contribution in [0.1, 0.15) is 36.7 Å². The molecule has 0 aliphatic heterocycles. The van der Waals surface area contributed by atoms with Gasteiger partial charge in [-0.05, 0) is 51.5 Å². The zero-order valence-corrected chi connectivity index (χ0v) is 15.8. The minimum absolute atomic E-state index is 0.207. The second-order valence-electron chi connectivity index (χ2n) is 7.02. The van der Waals surface area contributed by atoms with Gasteiger partial charge in [-0.3, -0.25) is 4.79 Å². The Labute approximate surface area is 153 Å². The van der Waals surface area contributed by atoms with Crippen molar-refractivity contribution in [3.8, 4) is 5.75 Å². The van der Waals surface area contributed by atoms with Crippen LogP contribution in [0.15, 0.2) is 42.5 Å². The lowest BCUT2D eigenvalue weighted by molar-refractivity contribution is 0.102. The quantitative estimate of drug-likeness (QED) is 0.770. The Hall–Kier alpha value is -3.02. The second kappa shape index (κ2) is 7.91. The minimum Gasteiger partial charge on any atom is -0.494 e. The maximum atomic E-state index is 12.4. The first-order chi connectivity index (χ1) is 12.2. The fraction of sp³-hybridized carbons (Fsp3) is 0.300. The average Bonchev–Trinajstić information content (AvgIpc) is 2.56. The van der Waals surface area contributed by atoms with Gasteiger partial charge in [0.1, 0.15) is 5.75 Å². The first kappa shape index (κ1) is 19.3. The molecule has 0 heterocycles. The zero-order valence-electron chi connectivity index (χ0n) is 15.8. The number of hydrogen-bond donors (Lipinski definition) is 3. The van der Waals surface area contributed by atoms with Gasteiger partial charge in [0.05, 0.1) is 12.8 Å². The summed E-state index contributed by atoms with van der Waals surface area (Å²) in [7, 11) is 1.51. The molecule has 0 bridgehead atoms. The van der Waals surface area contributed by atoms with E-state index < -0.39 is 0 Å². The summed E-state index contributed by atoms with van der Waals surface area (Å²) >= 11 is 0. The van der Waals surface area contributed by atoms with Gasteiger partial charge in [0, 0.05) is 22.9 Å². The van der Waals surface area contributed by atoms with Crippen molar-refractivity contribution in [3.63, 3.8) is 0 Å². The molecular weight excluding hydrogens is 330 g/mol. The van der Waals surface area contributed by atoms with Gasteiger partial charge in [0.15, 0.2) is 0 Å². The normalized spacial score (nSPS) is 10.8. The molecule has 3 N–H and O–H groups in total. The van der Waals surface area contributed by atoms with E-state index in [9.17, 15) is 9.59 Å². The Morgan fingerprint density at radius 1 is 0.962 bits per heavy atom. The Kier molecular flexibility index (Phi) is 5.87. The van der Waals surface area contributed by atoms with Crippen molar-refractivity contribution in [1.82, 2.24) is 5.32 Å². The van der Waals surface area contributed by atoms with E-state index in [2.05, 4.69) is 16.0 Å². The number of ether oxygens (including phenoxy) is 1. The number of hydrogen-bond acceptors (Lipinski definition) is 3. The van der Waals surface area contributed by atoms with E-state index in [0.717, 1.165) is 5.56 Å². The zero-order chi connectivity index (χ0) is 19.3. The van der Waals surface area contributed by atoms with Gasteiger partial charge in [-0.25, -0.2) is 4.79 Å². The largest absolute Gasteiger partial charge is 0.494 e. The molecule has 0 radical (unpaired) electrons. The van der Waals surface area contributed by atoms with Crippen LogP contribution in [0.2, 0.25) is 0 Å². The van der Waals surface area contributed by atoms with Crippen LogP contribution in [-0.2, 0) is 0 Å². The Morgan fingerprint density at radius 2 is 1.62 bits per heavy atom. The molecule has 0 fully saturated rings. The summed E-state index contributed by atoms with van der Waals surface area (Å²) in [6.07, 6.45) is 0. The molecular formula is C20H25N3O3. The molecule has 6 heteroatoms. The van der Waals surface area contributed by atoms with Crippen LogP contribution in [-0.4, -0.2) is 24.6 Å². The molecule has 3 amide bonds. The first-order valence-corrected chi connectivity index (χ1v) is 8.34. The number of amides is 3. The molecule has 2 aromatic rings. The van der Waals surface area contributed by atoms with Crippen molar-refractivity contribution in [3.05, 3.63) is 53.6 Å². The summed E-state index contributed by atoms with van der Waals surface area (Å²) in [6.45, 7) is 7.55. The predicted molar refractivity (Wildman–Crippen MR) is 104 cm³/mol. The number of aryl methyl sites for hydroxylation is 1. The molecule has 0 aromatic heterocycles. The van der Waals surface area contributed by atoms with Gasteiger partial charge in [-0.15, -0.1) is 0 Å². The minimum atomic E-state index is -0.351. The highest BCUT2D eigenvalue weighted by Crippen LogP contribution is 2.31. The number of rotatable bonds is 4. The smallest absolute Gasteiger partial charge is 0.319 e. The van der Waals surface area contributed by atoms with Crippen molar-refractivity contribution in [1.29, 1.82) is 0 Å². The molecule has 26 heavy (non-hydrogen) atoms. The predicted octanol–water partition coefficient (Wildman–Crippen LogP) is 4.18. The van der Waals surface area contributed by atoms with Gasteiger partial charge >= 0.3 is 6.03 Å². The highest BCUT2D eigenvalue weighted by Gasteiger charge is 2.17. The number of carbonyl (C=O) groups is 2. The molecule has 0 aliphatic rings. The molecule has 6 nitrogen and oxygen atoms in total. The standard InChI is InChI=1S/C20H25N3O3/c1-13-11-16(22-19(25)23-20(2,3)4)17(26-5)12-15(13)21-18(24)14-9-7-6-8-10-14/h6-12H,1-5H3,(H,21,24)(H2,22,23,25). The molecule has 2 rings (SSSR count). The first-order valence-electron chi connectivity index (χ1n) is 8.34. The summed E-state index contributed by atoms with van der Waals surface area (Å²) in [4.78, 5) is 24.5. The number of benzene rings is 2. The van der Waals surface area contributed by atoms with E-state index in [4.69, 9.17) is 4.74 Å². The van der Waals surface area contributed by atoms with E-state index in [1.165, 1.54) is 7.11 Å². The van der Waals surface area contributed by atoms with E-state index in [0.29, 0.717) is 22.7 Å². The van der Waals surface area contributed by atoms with E-state index in [-0.39, 0.29) is 17.5 Å². The maximum Gasteiger partial charge on any atom is 0.319 e. The second-order valence-corrected chi connectivity index (χ2v) is 7.02. The van der Waals surface area contributed by atoms with E-state index >= 15 is 0 Å². The number of anilines is 2. The topological polar surface area (TPSA) is 79.5 Å². The lowest BCUT2D eigenvalue weighted by Gasteiger charge is -2.22. The van der Waals surface area contributed by atoms with Gasteiger partial charge in [0.25, 0.3) is 5.91 Å². The van der Waals surface area contributed by atoms with Gasteiger partial charge in [0.2, 0.25) is 0 Å². The number of urea groups is 1. The molecule has 0 atom stereocenters. The van der Waals surface area contributed by atoms with Crippen molar-refractivity contribution in [2.75, 3.05) is 17.7 Å². The number of carbonyl (C=O) groups excluding carboxylic acids is 2. The Morgan fingerprint density at radius 3 is 2.19 bits per heavy atom. The summed E-state index contributed by atoms with van der Waals surface area (Å²) in [5.41, 5.74) is 2.18.